The van der Waals surface area contributed by atoms with Crippen LogP contribution in [0.15, 0.2) is 78.6 Å². The van der Waals surface area contributed by atoms with Gasteiger partial charge in [0, 0.05) is 24.0 Å². The van der Waals surface area contributed by atoms with Gasteiger partial charge >= 0.3 is 5.91 Å². The summed E-state index contributed by atoms with van der Waals surface area (Å²) in [7, 11) is 0. The molecule has 0 radical (unpaired) electrons. The topological polar surface area (TPSA) is 127 Å². The summed E-state index contributed by atoms with van der Waals surface area (Å²) in [6, 6.07) is 14.2. The number of aliphatic hydroxyl groups excluding tert-OH is 1. The minimum absolute atomic E-state index is 0.0617. The number of carbonyl (C=O) groups excluding carboxylic acids is 2. The summed E-state index contributed by atoms with van der Waals surface area (Å²) in [6.07, 6.45) is 2.77. The Morgan fingerprint density at radius 1 is 0.967 bits per heavy atom. The fraction of sp³-hybridized carbons (Fsp3) is 0.0476. The molecule has 0 bridgehead atoms. The lowest BCUT2D eigenvalue weighted by Gasteiger charge is -2.23. The molecule has 1 aliphatic heterocycles. The van der Waals surface area contributed by atoms with Crippen LogP contribution in [-0.2, 0) is 9.59 Å². The Hall–Kier alpha value is -4.40. The normalized spacial score (nSPS) is 17.9. The summed E-state index contributed by atoms with van der Waals surface area (Å²) in [5, 5.41) is 22.5. The van der Waals surface area contributed by atoms with Gasteiger partial charge in [-0.25, -0.2) is 9.97 Å². The van der Waals surface area contributed by atoms with Gasteiger partial charge in [-0.15, -0.1) is 0 Å². The first-order valence-electron chi connectivity index (χ1n) is 8.87. The average molecular weight is 402 g/mol. The SMILES string of the molecule is O=C1C(=O)N(c2ncccn2)C(c2ccccc2[N+](=O)[O-])/C1=C(/O)c1ccccc1. The largest absolute Gasteiger partial charge is 0.507 e. The van der Waals surface area contributed by atoms with E-state index in [0.29, 0.717) is 5.56 Å². The van der Waals surface area contributed by atoms with Crippen molar-refractivity contribution in [2.45, 2.75) is 6.04 Å². The van der Waals surface area contributed by atoms with Crippen LogP contribution >= 0.6 is 0 Å². The van der Waals surface area contributed by atoms with E-state index in [1.165, 1.54) is 36.7 Å². The zero-order valence-electron chi connectivity index (χ0n) is 15.4. The Morgan fingerprint density at radius 2 is 1.60 bits per heavy atom. The van der Waals surface area contributed by atoms with Crippen molar-refractivity contribution in [3.05, 3.63) is 99.9 Å². The maximum absolute atomic E-state index is 12.9. The zero-order valence-corrected chi connectivity index (χ0v) is 15.4. The van der Waals surface area contributed by atoms with Crippen molar-refractivity contribution in [1.29, 1.82) is 0 Å². The Morgan fingerprint density at radius 3 is 2.27 bits per heavy atom. The first-order chi connectivity index (χ1) is 14.5. The van der Waals surface area contributed by atoms with E-state index in [9.17, 15) is 24.8 Å². The Labute approximate surface area is 170 Å². The van der Waals surface area contributed by atoms with Crippen molar-refractivity contribution < 1.29 is 19.6 Å². The molecule has 0 saturated carbocycles. The molecule has 0 aliphatic carbocycles. The second-order valence-corrected chi connectivity index (χ2v) is 6.40. The predicted molar refractivity (Wildman–Crippen MR) is 106 cm³/mol. The lowest BCUT2D eigenvalue weighted by atomic mass is 9.94. The van der Waals surface area contributed by atoms with Gasteiger partial charge in [0.25, 0.3) is 11.5 Å². The number of para-hydroxylation sites is 1. The molecule has 1 aliphatic rings. The van der Waals surface area contributed by atoms with Crippen molar-refractivity contribution in [3.63, 3.8) is 0 Å². The van der Waals surface area contributed by atoms with Crippen LogP contribution in [-0.4, -0.2) is 31.7 Å². The van der Waals surface area contributed by atoms with E-state index in [1.807, 2.05) is 0 Å². The van der Waals surface area contributed by atoms with Gasteiger partial charge in [-0.2, -0.15) is 0 Å². The maximum atomic E-state index is 12.9. The van der Waals surface area contributed by atoms with E-state index in [2.05, 4.69) is 9.97 Å². The van der Waals surface area contributed by atoms with E-state index in [-0.39, 0.29) is 22.8 Å². The molecule has 1 saturated heterocycles. The summed E-state index contributed by atoms with van der Waals surface area (Å²) in [5.74, 6) is -2.50. The van der Waals surface area contributed by atoms with Crippen molar-refractivity contribution in [2.75, 3.05) is 4.90 Å². The first-order valence-corrected chi connectivity index (χ1v) is 8.87. The summed E-state index contributed by atoms with van der Waals surface area (Å²) in [4.78, 5) is 45.9. The molecule has 4 rings (SSSR count). The molecule has 1 amide bonds. The van der Waals surface area contributed by atoms with Gasteiger partial charge in [0.2, 0.25) is 5.95 Å². The van der Waals surface area contributed by atoms with Crippen molar-refractivity contribution in [3.8, 4) is 0 Å². The number of hydrogen-bond donors (Lipinski definition) is 1. The van der Waals surface area contributed by atoms with Crippen LogP contribution in [0.3, 0.4) is 0 Å². The van der Waals surface area contributed by atoms with Crippen LogP contribution in [0.1, 0.15) is 17.2 Å². The highest BCUT2D eigenvalue weighted by Gasteiger charge is 2.49. The van der Waals surface area contributed by atoms with E-state index in [0.717, 1.165) is 4.90 Å². The number of ketones is 1. The molecule has 2 heterocycles. The molecule has 1 unspecified atom stereocenters. The number of hydrogen-bond acceptors (Lipinski definition) is 7. The maximum Gasteiger partial charge on any atom is 0.302 e. The Balaban J connectivity index is 2.02. The monoisotopic (exact) mass is 402 g/mol. The molecule has 1 fully saturated rings. The number of anilines is 1. The van der Waals surface area contributed by atoms with Crippen LogP contribution in [0.5, 0.6) is 0 Å². The Bertz CT molecular complexity index is 1180. The second-order valence-electron chi connectivity index (χ2n) is 6.40. The van der Waals surface area contributed by atoms with Crippen LogP contribution in [0.25, 0.3) is 5.76 Å². The number of carbonyl (C=O) groups is 2. The number of amides is 1. The van der Waals surface area contributed by atoms with Crippen LogP contribution < -0.4 is 4.90 Å². The summed E-state index contributed by atoms with van der Waals surface area (Å²) < 4.78 is 0. The zero-order chi connectivity index (χ0) is 21.3. The third-order valence-electron chi connectivity index (χ3n) is 4.69. The third-order valence-corrected chi connectivity index (χ3v) is 4.69. The van der Waals surface area contributed by atoms with Crippen molar-refractivity contribution >= 4 is 29.1 Å². The van der Waals surface area contributed by atoms with Gasteiger partial charge in [-0.1, -0.05) is 42.5 Å². The molecule has 1 aromatic heterocycles. The lowest BCUT2D eigenvalue weighted by molar-refractivity contribution is -0.385. The highest BCUT2D eigenvalue weighted by molar-refractivity contribution is 6.51. The standard InChI is InChI=1S/C21H14N4O5/c26-18(13-7-2-1-3-8-13)16-17(14-9-4-5-10-15(14)25(29)30)24(20(28)19(16)27)21-22-11-6-12-23-21/h1-12,17,26H/b18-16-. The van der Waals surface area contributed by atoms with Gasteiger partial charge in [0.05, 0.1) is 16.1 Å². The predicted octanol–water partition coefficient (Wildman–Crippen LogP) is 3.01. The molecule has 9 heteroatoms. The van der Waals surface area contributed by atoms with E-state index >= 15 is 0 Å². The number of aromatic nitrogens is 2. The van der Waals surface area contributed by atoms with Gasteiger partial charge in [0.15, 0.2) is 0 Å². The molecule has 1 atom stereocenters. The van der Waals surface area contributed by atoms with E-state index in [1.54, 1.807) is 36.4 Å². The molecular formula is C21H14N4O5. The number of nitro groups is 1. The van der Waals surface area contributed by atoms with Crippen molar-refractivity contribution in [2.24, 2.45) is 0 Å². The van der Waals surface area contributed by atoms with Gasteiger partial charge in [0.1, 0.15) is 11.8 Å². The molecule has 9 nitrogen and oxygen atoms in total. The van der Waals surface area contributed by atoms with Gasteiger partial charge in [-0.05, 0) is 12.1 Å². The Kier molecular flexibility index (Phi) is 4.77. The number of Topliss-reactive ketones (excluding diaryl/α,β-unsaturated/α-hetero) is 1. The highest BCUT2D eigenvalue weighted by Crippen LogP contribution is 2.43. The highest BCUT2D eigenvalue weighted by atomic mass is 16.6. The fourth-order valence-corrected chi connectivity index (χ4v) is 3.39. The quantitative estimate of drug-likeness (QED) is 0.234. The van der Waals surface area contributed by atoms with Crippen LogP contribution in [0.4, 0.5) is 11.6 Å². The summed E-state index contributed by atoms with van der Waals surface area (Å²) >= 11 is 0. The molecule has 3 aromatic rings. The number of aliphatic hydroxyl groups is 1. The minimum Gasteiger partial charge on any atom is -0.507 e. The van der Waals surface area contributed by atoms with Crippen LogP contribution in [0, 0.1) is 10.1 Å². The molecule has 2 aromatic carbocycles. The number of nitro benzene ring substituents is 1. The van der Waals surface area contributed by atoms with Crippen molar-refractivity contribution in [1.82, 2.24) is 9.97 Å². The number of rotatable bonds is 4. The smallest absolute Gasteiger partial charge is 0.302 e. The second kappa shape index (κ2) is 7.55. The summed E-state index contributed by atoms with van der Waals surface area (Å²) in [6.45, 7) is 0. The van der Waals surface area contributed by atoms with E-state index in [4.69, 9.17) is 0 Å². The minimum atomic E-state index is -1.27. The molecular weight excluding hydrogens is 388 g/mol. The first kappa shape index (κ1) is 18.9. The molecule has 1 N–H and O–H groups in total. The number of nitrogens with zero attached hydrogens (tertiary/aromatic N) is 4. The van der Waals surface area contributed by atoms with Crippen LogP contribution in [0.2, 0.25) is 0 Å². The molecule has 30 heavy (non-hydrogen) atoms. The molecule has 0 spiro atoms. The van der Waals surface area contributed by atoms with E-state index < -0.39 is 28.4 Å². The number of benzene rings is 2. The lowest BCUT2D eigenvalue weighted by Crippen LogP contribution is -2.31. The third kappa shape index (κ3) is 3.08. The van der Waals surface area contributed by atoms with Gasteiger partial charge < -0.3 is 5.11 Å². The van der Waals surface area contributed by atoms with Gasteiger partial charge in [-0.3, -0.25) is 24.6 Å². The summed E-state index contributed by atoms with van der Waals surface area (Å²) in [5.41, 5.74) is -0.211. The molecule has 148 valence electrons. The fourth-order valence-electron chi connectivity index (χ4n) is 3.39. The average Bonchev–Trinajstić information content (AvgIpc) is 3.05.